The van der Waals surface area contributed by atoms with Crippen molar-refractivity contribution in [1.29, 1.82) is 0 Å². The Morgan fingerprint density at radius 3 is 2.88 bits per heavy atom. The van der Waals surface area contributed by atoms with E-state index in [0.717, 1.165) is 12.8 Å². The number of hydrazine groups is 1. The fourth-order valence-corrected chi connectivity index (χ4v) is 1.56. The highest BCUT2D eigenvalue weighted by Gasteiger charge is 2.41. The highest BCUT2D eigenvalue weighted by Crippen LogP contribution is 2.45. The standard InChI is InChI=1S/C9H14ClN5O/c10-6-3-12-8(15-11)14-7(6)13-4-9(5-16)1-2-9/h3,16H,1-2,4-5,11H2,(H2,12,13,14,15). The quantitative estimate of drug-likeness (QED) is 0.447. The molecule has 2 rings (SSSR count). The van der Waals surface area contributed by atoms with Crippen molar-refractivity contribution in [2.24, 2.45) is 11.3 Å². The molecular weight excluding hydrogens is 230 g/mol. The fraction of sp³-hybridized carbons (Fsp3) is 0.556. The number of nitrogens with two attached hydrogens (primary N) is 1. The molecule has 1 aliphatic carbocycles. The Bertz CT molecular complexity index is 382. The largest absolute Gasteiger partial charge is 0.396 e. The van der Waals surface area contributed by atoms with E-state index in [4.69, 9.17) is 22.6 Å². The molecule has 5 N–H and O–H groups in total. The summed E-state index contributed by atoms with van der Waals surface area (Å²) in [5, 5.41) is 12.7. The van der Waals surface area contributed by atoms with Gasteiger partial charge >= 0.3 is 0 Å². The molecule has 0 aliphatic heterocycles. The number of rotatable bonds is 5. The van der Waals surface area contributed by atoms with Crippen molar-refractivity contribution in [3.63, 3.8) is 0 Å². The van der Waals surface area contributed by atoms with Gasteiger partial charge in [-0.1, -0.05) is 11.6 Å². The number of aliphatic hydroxyl groups is 1. The molecule has 0 atom stereocenters. The third-order valence-corrected chi connectivity index (χ3v) is 3.07. The molecule has 1 aromatic heterocycles. The zero-order chi connectivity index (χ0) is 11.6. The molecule has 16 heavy (non-hydrogen) atoms. The van der Waals surface area contributed by atoms with Gasteiger partial charge in [0, 0.05) is 12.0 Å². The molecule has 0 spiro atoms. The van der Waals surface area contributed by atoms with Gasteiger partial charge in [0.25, 0.3) is 0 Å². The van der Waals surface area contributed by atoms with E-state index < -0.39 is 0 Å². The van der Waals surface area contributed by atoms with E-state index in [9.17, 15) is 0 Å². The van der Waals surface area contributed by atoms with Crippen LogP contribution < -0.4 is 16.6 Å². The minimum Gasteiger partial charge on any atom is -0.396 e. The number of nitrogens with zero attached hydrogens (tertiary/aromatic N) is 2. The summed E-state index contributed by atoms with van der Waals surface area (Å²) in [6.45, 7) is 0.842. The number of halogens is 1. The van der Waals surface area contributed by atoms with Crippen LogP contribution in [0.1, 0.15) is 12.8 Å². The molecule has 0 aromatic carbocycles. The number of anilines is 2. The van der Waals surface area contributed by atoms with Crippen molar-refractivity contribution in [3.05, 3.63) is 11.2 Å². The van der Waals surface area contributed by atoms with Gasteiger partial charge in [-0.15, -0.1) is 0 Å². The maximum absolute atomic E-state index is 9.17. The molecule has 0 bridgehead atoms. The number of aromatic nitrogens is 2. The van der Waals surface area contributed by atoms with E-state index in [1.165, 1.54) is 6.20 Å². The first-order valence-corrected chi connectivity index (χ1v) is 5.41. The van der Waals surface area contributed by atoms with Crippen molar-refractivity contribution in [1.82, 2.24) is 9.97 Å². The van der Waals surface area contributed by atoms with Gasteiger partial charge in [-0.05, 0) is 12.8 Å². The zero-order valence-electron chi connectivity index (χ0n) is 8.70. The maximum Gasteiger partial charge on any atom is 0.239 e. The fourth-order valence-electron chi connectivity index (χ4n) is 1.40. The van der Waals surface area contributed by atoms with Crippen molar-refractivity contribution >= 4 is 23.4 Å². The lowest BCUT2D eigenvalue weighted by Crippen LogP contribution is -2.20. The predicted octanol–water partition coefficient (Wildman–Crippen LogP) is 0.600. The van der Waals surface area contributed by atoms with E-state index in [1.54, 1.807) is 0 Å². The second kappa shape index (κ2) is 4.40. The molecule has 1 fully saturated rings. The van der Waals surface area contributed by atoms with Crippen molar-refractivity contribution in [2.45, 2.75) is 12.8 Å². The van der Waals surface area contributed by atoms with E-state index in [2.05, 4.69) is 20.7 Å². The third-order valence-electron chi connectivity index (χ3n) is 2.80. The van der Waals surface area contributed by atoms with Gasteiger partial charge in [-0.3, -0.25) is 5.43 Å². The van der Waals surface area contributed by atoms with E-state index in [0.29, 0.717) is 23.3 Å². The number of hydrogen-bond acceptors (Lipinski definition) is 6. The van der Waals surface area contributed by atoms with E-state index in [-0.39, 0.29) is 12.0 Å². The monoisotopic (exact) mass is 243 g/mol. The van der Waals surface area contributed by atoms with Crippen LogP contribution in [-0.2, 0) is 0 Å². The van der Waals surface area contributed by atoms with Crippen molar-refractivity contribution in [2.75, 3.05) is 23.9 Å². The smallest absolute Gasteiger partial charge is 0.239 e. The summed E-state index contributed by atoms with van der Waals surface area (Å²) >= 11 is 5.93. The Balaban J connectivity index is 2.03. The lowest BCUT2D eigenvalue weighted by atomic mass is 10.1. The van der Waals surface area contributed by atoms with Crippen LogP contribution in [0.3, 0.4) is 0 Å². The SMILES string of the molecule is NNc1ncc(Cl)c(NCC2(CO)CC2)n1. The van der Waals surface area contributed by atoms with Crippen LogP contribution >= 0.6 is 11.6 Å². The summed E-state index contributed by atoms with van der Waals surface area (Å²) < 4.78 is 0. The van der Waals surface area contributed by atoms with Gasteiger partial charge < -0.3 is 10.4 Å². The molecule has 88 valence electrons. The summed E-state index contributed by atoms with van der Waals surface area (Å²) in [5.74, 6) is 6.04. The second-order valence-electron chi connectivity index (χ2n) is 4.05. The van der Waals surface area contributed by atoms with Crippen LogP contribution in [0.25, 0.3) is 0 Å². The predicted molar refractivity (Wildman–Crippen MR) is 62.1 cm³/mol. The average molecular weight is 244 g/mol. The van der Waals surface area contributed by atoms with Crippen LogP contribution in [0.5, 0.6) is 0 Å². The van der Waals surface area contributed by atoms with Crippen LogP contribution in [0.2, 0.25) is 5.02 Å². The number of aliphatic hydroxyl groups excluding tert-OH is 1. The normalized spacial score (nSPS) is 16.9. The average Bonchev–Trinajstić information content (AvgIpc) is 3.09. The van der Waals surface area contributed by atoms with Crippen LogP contribution in [0.4, 0.5) is 11.8 Å². The molecule has 1 aliphatic rings. The van der Waals surface area contributed by atoms with Gasteiger partial charge in [-0.25, -0.2) is 10.8 Å². The Morgan fingerprint density at radius 2 is 2.31 bits per heavy atom. The van der Waals surface area contributed by atoms with Crippen LogP contribution in [0, 0.1) is 5.41 Å². The molecule has 0 amide bonds. The zero-order valence-corrected chi connectivity index (χ0v) is 9.46. The minimum atomic E-state index is 0.00455. The van der Waals surface area contributed by atoms with E-state index in [1.807, 2.05) is 0 Å². The molecule has 1 aromatic rings. The van der Waals surface area contributed by atoms with Crippen LogP contribution in [-0.4, -0.2) is 28.2 Å². The first-order valence-electron chi connectivity index (χ1n) is 5.03. The molecule has 1 heterocycles. The number of nitrogen functional groups attached to an aromatic ring is 1. The highest BCUT2D eigenvalue weighted by atomic mass is 35.5. The molecule has 0 unspecified atom stereocenters. The molecule has 0 radical (unpaired) electrons. The van der Waals surface area contributed by atoms with Crippen LogP contribution in [0.15, 0.2) is 6.20 Å². The highest BCUT2D eigenvalue weighted by molar-refractivity contribution is 6.32. The minimum absolute atomic E-state index is 0.00455. The van der Waals surface area contributed by atoms with Gasteiger partial charge in [0.1, 0.15) is 5.02 Å². The molecule has 6 nitrogen and oxygen atoms in total. The van der Waals surface area contributed by atoms with E-state index >= 15 is 0 Å². The number of hydrogen-bond donors (Lipinski definition) is 4. The van der Waals surface area contributed by atoms with Gasteiger partial charge in [0.05, 0.1) is 12.8 Å². The summed E-state index contributed by atoms with van der Waals surface area (Å²) in [6.07, 6.45) is 3.53. The van der Waals surface area contributed by atoms with Crippen molar-refractivity contribution in [3.8, 4) is 0 Å². The third kappa shape index (κ3) is 2.34. The first-order chi connectivity index (χ1) is 7.69. The molecule has 7 heteroatoms. The summed E-state index contributed by atoms with van der Waals surface area (Å²) in [4.78, 5) is 7.95. The lowest BCUT2D eigenvalue weighted by Gasteiger charge is -2.14. The Labute approximate surface area is 98.2 Å². The summed E-state index contributed by atoms with van der Waals surface area (Å²) in [7, 11) is 0. The first kappa shape index (κ1) is 11.4. The van der Waals surface area contributed by atoms with Gasteiger partial charge in [0.2, 0.25) is 5.95 Å². The topological polar surface area (TPSA) is 96.1 Å². The second-order valence-corrected chi connectivity index (χ2v) is 4.45. The molecular formula is C9H14ClN5O. The maximum atomic E-state index is 9.17. The Hall–Kier alpha value is -1.11. The number of nitrogens with one attached hydrogen (secondary N) is 2. The van der Waals surface area contributed by atoms with Crippen molar-refractivity contribution < 1.29 is 5.11 Å². The van der Waals surface area contributed by atoms with Gasteiger partial charge in [0.15, 0.2) is 5.82 Å². The van der Waals surface area contributed by atoms with Gasteiger partial charge in [-0.2, -0.15) is 4.98 Å². The summed E-state index contributed by atoms with van der Waals surface area (Å²) in [5.41, 5.74) is 2.36. The Kier molecular flexibility index (Phi) is 3.13. The summed E-state index contributed by atoms with van der Waals surface area (Å²) in [6, 6.07) is 0. The molecule has 1 saturated carbocycles. The Morgan fingerprint density at radius 1 is 1.56 bits per heavy atom. The molecule has 0 saturated heterocycles. The lowest BCUT2D eigenvalue weighted by molar-refractivity contribution is 0.219.